The van der Waals surface area contributed by atoms with Gasteiger partial charge in [-0.1, -0.05) is 13.0 Å². The summed E-state index contributed by atoms with van der Waals surface area (Å²) in [5.74, 6) is 0. The van der Waals surface area contributed by atoms with Crippen LogP contribution >= 0.6 is 0 Å². The predicted octanol–water partition coefficient (Wildman–Crippen LogP) is 0.283. The van der Waals surface area contributed by atoms with Crippen LogP contribution in [0.5, 0.6) is 0 Å². The molecule has 0 aliphatic rings. The first-order chi connectivity index (χ1) is 7.01. The summed E-state index contributed by atoms with van der Waals surface area (Å²) in [7, 11) is 0. The van der Waals surface area contributed by atoms with Gasteiger partial charge in [0.05, 0.1) is 24.9 Å². The van der Waals surface area contributed by atoms with Gasteiger partial charge >= 0.3 is 0 Å². The van der Waals surface area contributed by atoms with Crippen molar-refractivity contribution < 1.29 is 15.3 Å². The summed E-state index contributed by atoms with van der Waals surface area (Å²) in [6.07, 6.45) is 1.92. The average Bonchev–Trinajstić information content (AvgIpc) is 2.22. The quantitative estimate of drug-likeness (QED) is 0.484. The van der Waals surface area contributed by atoms with Crippen LogP contribution in [-0.4, -0.2) is 46.7 Å². The number of aliphatic hydroxyl groups excluding tert-OH is 3. The van der Waals surface area contributed by atoms with Crippen molar-refractivity contribution >= 4 is 0 Å². The van der Waals surface area contributed by atoms with Gasteiger partial charge < -0.3 is 20.6 Å². The van der Waals surface area contributed by atoms with Crippen molar-refractivity contribution in [3.63, 3.8) is 0 Å². The number of β-amino-alcohol motifs (C(OH)–C–C–N with tert-alkyl or cyclic N) is 1. The molecule has 1 atom stereocenters. The van der Waals surface area contributed by atoms with E-state index in [4.69, 9.17) is 15.3 Å². The molecule has 15 heavy (non-hydrogen) atoms. The van der Waals surface area contributed by atoms with Crippen molar-refractivity contribution in [1.29, 1.82) is 0 Å². The number of rotatable bonds is 6. The molecule has 0 bridgehead atoms. The first kappa shape index (κ1) is 17.0. The molecule has 0 radical (unpaired) electrons. The third kappa shape index (κ3) is 8.57. The van der Waals surface area contributed by atoms with Crippen LogP contribution in [0.2, 0.25) is 0 Å². The van der Waals surface area contributed by atoms with Crippen LogP contribution in [0.1, 0.15) is 27.2 Å². The average molecular weight is 219 g/mol. The van der Waals surface area contributed by atoms with Crippen LogP contribution in [0.25, 0.3) is 0 Å². The fraction of sp³-hybridized carbons (Fsp3) is 0.818. The Labute approximate surface area is 92.6 Å². The van der Waals surface area contributed by atoms with E-state index in [-0.39, 0.29) is 13.2 Å². The Bertz CT molecular complexity index is 137. The molecule has 0 saturated carbocycles. The molecule has 92 valence electrons. The van der Waals surface area contributed by atoms with Crippen LogP contribution in [0, 0.1) is 0 Å². The molecular formula is C11H25NO3. The minimum absolute atomic E-state index is 0.118. The van der Waals surface area contributed by atoms with E-state index in [9.17, 15) is 0 Å². The summed E-state index contributed by atoms with van der Waals surface area (Å²) in [4.78, 5) is 0. The molecule has 0 amide bonds. The number of allylic oxidation sites excluding steroid dienone is 1. The fourth-order valence-electron chi connectivity index (χ4n) is 0.875. The molecule has 4 N–H and O–H groups in total. The maximum Gasteiger partial charge on any atom is 0.0646 e. The molecule has 0 aromatic heterocycles. The van der Waals surface area contributed by atoms with Crippen LogP contribution in [0.15, 0.2) is 12.7 Å². The lowest BCUT2D eigenvalue weighted by Gasteiger charge is -2.30. The molecule has 0 fully saturated rings. The van der Waals surface area contributed by atoms with Crippen molar-refractivity contribution in [3.8, 4) is 0 Å². The number of nitrogens with one attached hydrogen (secondary N) is 1. The minimum atomic E-state index is -0.642. The van der Waals surface area contributed by atoms with E-state index in [1.807, 2.05) is 13.8 Å². The lowest BCUT2D eigenvalue weighted by atomic mass is 9.98. The largest absolute Gasteiger partial charge is 0.394 e. The second-order valence-corrected chi connectivity index (χ2v) is 3.59. The summed E-state index contributed by atoms with van der Waals surface area (Å²) in [6, 6.07) is 0. The Balaban J connectivity index is 0. The van der Waals surface area contributed by atoms with E-state index in [1.165, 1.54) is 0 Å². The smallest absolute Gasteiger partial charge is 0.0646 e. The molecule has 0 aromatic carbocycles. The maximum absolute atomic E-state index is 8.99. The van der Waals surface area contributed by atoms with E-state index in [1.54, 1.807) is 13.0 Å². The van der Waals surface area contributed by atoms with E-state index in [0.29, 0.717) is 13.0 Å². The van der Waals surface area contributed by atoms with Gasteiger partial charge in [-0.3, -0.25) is 0 Å². The van der Waals surface area contributed by atoms with Crippen molar-refractivity contribution in [2.45, 2.75) is 38.8 Å². The zero-order valence-electron chi connectivity index (χ0n) is 10.0. The van der Waals surface area contributed by atoms with Gasteiger partial charge in [0.15, 0.2) is 0 Å². The van der Waals surface area contributed by atoms with E-state index >= 15 is 0 Å². The van der Waals surface area contributed by atoms with Crippen molar-refractivity contribution in [1.82, 2.24) is 5.32 Å². The van der Waals surface area contributed by atoms with Gasteiger partial charge in [-0.05, 0) is 20.3 Å². The summed E-state index contributed by atoms with van der Waals surface area (Å²) < 4.78 is 0. The number of aliphatic hydroxyl groups is 3. The van der Waals surface area contributed by atoms with Gasteiger partial charge in [0.25, 0.3) is 0 Å². The first-order valence-electron chi connectivity index (χ1n) is 5.23. The Hall–Kier alpha value is -0.420. The highest BCUT2D eigenvalue weighted by atomic mass is 16.3. The van der Waals surface area contributed by atoms with E-state index < -0.39 is 11.6 Å². The lowest BCUT2D eigenvalue weighted by Crippen LogP contribution is -2.53. The number of hydrogen-bond donors (Lipinski definition) is 4. The van der Waals surface area contributed by atoms with Crippen molar-refractivity contribution in [2.75, 3.05) is 19.8 Å². The molecular weight excluding hydrogens is 194 g/mol. The fourth-order valence-corrected chi connectivity index (χ4v) is 0.875. The lowest BCUT2D eigenvalue weighted by molar-refractivity contribution is 0.0739. The molecule has 0 saturated heterocycles. The minimum Gasteiger partial charge on any atom is -0.394 e. The molecule has 4 nitrogen and oxygen atoms in total. The monoisotopic (exact) mass is 219 g/mol. The highest BCUT2D eigenvalue weighted by molar-refractivity contribution is 4.85. The van der Waals surface area contributed by atoms with Gasteiger partial charge in [-0.25, -0.2) is 0 Å². The van der Waals surface area contributed by atoms with Crippen LogP contribution in [0.3, 0.4) is 0 Å². The maximum atomic E-state index is 8.99. The molecule has 0 rings (SSSR count). The second-order valence-electron chi connectivity index (χ2n) is 3.59. The third-order valence-corrected chi connectivity index (χ3v) is 2.05. The van der Waals surface area contributed by atoms with Gasteiger partial charge in [0, 0.05) is 6.54 Å². The Morgan fingerprint density at radius 1 is 1.40 bits per heavy atom. The summed E-state index contributed by atoms with van der Waals surface area (Å²) in [6.45, 7) is 8.93. The molecule has 0 aromatic rings. The van der Waals surface area contributed by atoms with E-state index in [2.05, 4.69) is 11.9 Å². The predicted molar refractivity (Wildman–Crippen MR) is 62.7 cm³/mol. The molecule has 0 spiro atoms. The zero-order valence-corrected chi connectivity index (χ0v) is 10.0. The Kier molecular flexibility index (Phi) is 11.5. The van der Waals surface area contributed by atoms with Gasteiger partial charge in [-0.2, -0.15) is 0 Å². The Morgan fingerprint density at radius 2 is 1.80 bits per heavy atom. The molecule has 0 aliphatic carbocycles. The third-order valence-electron chi connectivity index (χ3n) is 2.05. The first-order valence-corrected chi connectivity index (χ1v) is 5.23. The molecule has 0 heterocycles. The van der Waals surface area contributed by atoms with Gasteiger partial charge in [-0.15, -0.1) is 6.58 Å². The topological polar surface area (TPSA) is 72.7 Å². The van der Waals surface area contributed by atoms with Gasteiger partial charge in [0.1, 0.15) is 0 Å². The summed E-state index contributed by atoms with van der Waals surface area (Å²) >= 11 is 0. The SMILES string of the molecule is C=CC.CCC(CO)(CO)NCC(C)O. The normalized spacial score (nSPS) is 12.7. The highest BCUT2D eigenvalue weighted by Crippen LogP contribution is 2.07. The van der Waals surface area contributed by atoms with E-state index in [0.717, 1.165) is 0 Å². The highest BCUT2D eigenvalue weighted by Gasteiger charge is 2.25. The standard InChI is InChI=1S/C8H19NO3.C3H6/c1-3-8(5-10,6-11)9-4-7(2)12;1-3-2/h7,9-12H,3-6H2,1-2H3;3H,1H2,2H3. The second kappa shape index (κ2) is 10.1. The van der Waals surface area contributed by atoms with Crippen LogP contribution < -0.4 is 5.32 Å². The molecule has 1 unspecified atom stereocenters. The van der Waals surface area contributed by atoms with Crippen molar-refractivity contribution in [3.05, 3.63) is 12.7 Å². The van der Waals surface area contributed by atoms with Crippen LogP contribution in [-0.2, 0) is 0 Å². The summed E-state index contributed by atoms with van der Waals surface area (Å²) in [5, 5.41) is 29.9. The molecule has 4 heteroatoms. The zero-order chi connectivity index (χ0) is 12.3. The van der Waals surface area contributed by atoms with Gasteiger partial charge in [0.2, 0.25) is 0 Å². The summed E-state index contributed by atoms with van der Waals surface area (Å²) in [5.41, 5.74) is -0.642. The van der Waals surface area contributed by atoms with Crippen LogP contribution in [0.4, 0.5) is 0 Å². The molecule has 0 aliphatic heterocycles. The Morgan fingerprint density at radius 3 is 2.00 bits per heavy atom. The van der Waals surface area contributed by atoms with Crippen molar-refractivity contribution in [2.24, 2.45) is 0 Å². The number of hydrogen-bond acceptors (Lipinski definition) is 4.